The number of rotatable bonds is 5. The summed E-state index contributed by atoms with van der Waals surface area (Å²) in [6.07, 6.45) is 4.42. The average Bonchev–Trinajstić information content (AvgIpc) is 2.84. The number of aromatic nitrogens is 3. The highest BCUT2D eigenvalue weighted by Gasteiger charge is 2.15. The molecule has 2 rings (SSSR count). The smallest absolute Gasteiger partial charge is 0.243 e. The lowest BCUT2D eigenvalue weighted by Crippen LogP contribution is -2.23. The maximum atomic E-state index is 12.0. The van der Waals surface area contributed by atoms with Gasteiger partial charge in [0.1, 0.15) is 10.7 Å². The normalized spacial score (nSPS) is 11.6. The molecule has 0 atom stereocenters. The third kappa shape index (κ3) is 3.34. The van der Waals surface area contributed by atoms with E-state index in [1.807, 2.05) is 31.1 Å². The van der Waals surface area contributed by atoms with Gasteiger partial charge in [-0.05, 0) is 11.6 Å². The Kier molecular flexibility index (Phi) is 4.05. The molecule has 0 bridgehead atoms. The van der Waals surface area contributed by atoms with Crippen LogP contribution in [0.5, 0.6) is 0 Å². The summed E-state index contributed by atoms with van der Waals surface area (Å²) in [7, 11) is 1.93. The van der Waals surface area contributed by atoms with Crippen LogP contribution in [0.3, 0.4) is 0 Å². The second-order valence-corrected chi connectivity index (χ2v) is 6.36. The fraction of sp³-hybridized carbons (Fsp3) is 0.333. The maximum Gasteiger partial charge on any atom is 0.243 e. The zero-order valence-corrected chi connectivity index (χ0v) is 12.4. The first-order valence-electron chi connectivity index (χ1n) is 5.99. The van der Waals surface area contributed by atoms with Crippen molar-refractivity contribution in [3.8, 4) is 0 Å². The van der Waals surface area contributed by atoms with Gasteiger partial charge in [0.2, 0.25) is 10.0 Å². The van der Waals surface area contributed by atoms with E-state index in [1.165, 1.54) is 17.1 Å². The fourth-order valence-electron chi connectivity index (χ4n) is 1.59. The Balaban J connectivity index is 2.04. The Morgan fingerprint density at radius 3 is 2.55 bits per heavy atom. The molecule has 0 amide bonds. The summed E-state index contributed by atoms with van der Waals surface area (Å²) in [5.74, 6) is 0.823. The van der Waals surface area contributed by atoms with Gasteiger partial charge in [-0.1, -0.05) is 6.07 Å². The number of nitrogens with one attached hydrogen (secondary N) is 1. The van der Waals surface area contributed by atoms with Crippen molar-refractivity contribution in [1.29, 1.82) is 0 Å². The van der Waals surface area contributed by atoms with Crippen LogP contribution < -0.4 is 9.62 Å². The molecule has 8 heteroatoms. The summed E-state index contributed by atoms with van der Waals surface area (Å²) >= 11 is 0. The molecular formula is C12H17N5O2S. The van der Waals surface area contributed by atoms with Crippen LogP contribution in [0.2, 0.25) is 0 Å². The van der Waals surface area contributed by atoms with Gasteiger partial charge in [-0.2, -0.15) is 5.10 Å². The molecule has 1 N–H and O–H groups in total. The van der Waals surface area contributed by atoms with Crippen molar-refractivity contribution >= 4 is 15.8 Å². The highest BCUT2D eigenvalue weighted by atomic mass is 32.2. The van der Waals surface area contributed by atoms with Crippen LogP contribution >= 0.6 is 0 Å². The quantitative estimate of drug-likeness (QED) is 0.861. The fourth-order valence-corrected chi connectivity index (χ4v) is 2.59. The predicted molar refractivity (Wildman–Crippen MR) is 75.8 cm³/mol. The maximum absolute atomic E-state index is 12.0. The van der Waals surface area contributed by atoms with Crippen LogP contribution in [0.25, 0.3) is 0 Å². The molecule has 0 aliphatic rings. The molecular weight excluding hydrogens is 278 g/mol. The molecule has 0 fully saturated rings. The topological polar surface area (TPSA) is 80.1 Å². The zero-order chi connectivity index (χ0) is 14.8. The summed E-state index contributed by atoms with van der Waals surface area (Å²) in [5.41, 5.74) is 0.795. The van der Waals surface area contributed by atoms with Gasteiger partial charge in [-0.25, -0.2) is 18.1 Å². The van der Waals surface area contributed by atoms with Gasteiger partial charge >= 0.3 is 0 Å². The summed E-state index contributed by atoms with van der Waals surface area (Å²) in [6, 6.07) is 3.68. The van der Waals surface area contributed by atoms with Crippen molar-refractivity contribution in [3.05, 3.63) is 36.3 Å². The van der Waals surface area contributed by atoms with Crippen molar-refractivity contribution in [2.75, 3.05) is 19.0 Å². The molecule has 2 aromatic rings. The van der Waals surface area contributed by atoms with Crippen LogP contribution in [-0.2, 0) is 23.6 Å². The van der Waals surface area contributed by atoms with E-state index in [9.17, 15) is 8.42 Å². The Labute approximate surface area is 118 Å². The molecule has 0 aromatic carbocycles. The van der Waals surface area contributed by atoms with Gasteiger partial charge < -0.3 is 4.90 Å². The Bertz CT molecular complexity index is 676. The molecule has 0 aliphatic carbocycles. The molecule has 0 unspecified atom stereocenters. The number of sulfonamides is 1. The van der Waals surface area contributed by atoms with E-state index in [0.29, 0.717) is 0 Å². The van der Waals surface area contributed by atoms with Crippen LogP contribution in [-0.4, -0.2) is 37.3 Å². The molecule has 20 heavy (non-hydrogen) atoms. The summed E-state index contributed by atoms with van der Waals surface area (Å²) < 4.78 is 28.0. The number of hydrogen-bond acceptors (Lipinski definition) is 5. The Morgan fingerprint density at radius 2 is 2.05 bits per heavy atom. The first-order valence-corrected chi connectivity index (χ1v) is 7.47. The third-order valence-electron chi connectivity index (χ3n) is 2.73. The van der Waals surface area contributed by atoms with Gasteiger partial charge in [0, 0.05) is 40.1 Å². The van der Waals surface area contributed by atoms with Gasteiger partial charge in [0.25, 0.3) is 0 Å². The highest BCUT2D eigenvalue weighted by molar-refractivity contribution is 7.89. The van der Waals surface area contributed by atoms with Crippen molar-refractivity contribution in [2.45, 2.75) is 11.4 Å². The number of aryl methyl sites for hydroxylation is 1. The third-order valence-corrected chi connectivity index (χ3v) is 4.08. The molecule has 2 aromatic heterocycles. The molecule has 0 saturated carbocycles. The SMILES string of the molecule is CN(C)c1ccc(CNS(=O)(=O)c2cnn(C)c2)cn1. The monoisotopic (exact) mass is 295 g/mol. The van der Waals surface area contributed by atoms with Gasteiger partial charge in [0.05, 0.1) is 6.20 Å². The van der Waals surface area contributed by atoms with E-state index < -0.39 is 10.0 Å². The molecule has 0 spiro atoms. The largest absolute Gasteiger partial charge is 0.363 e. The van der Waals surface area contributed by atoms with E-state index >= 15 is 0 Å². The second-order valence-electron chi connectivity index (χ2n) is 4.59. The van der Waals surface area contributed by atoms with Crippen molar-refractivity contribution < 1.29 is 8.42 Å². The van der Waals surface area contributed by atoms with E-state index in [0.717, 1.165) is 11.4 Å². The second kappa shape index (κ2) is 5.59. The van der Waals surface area contributed by atoms with Crippen molar-refractivity contribution in [3.63, 3.8) is 0 Å². The summed E-state index contributed by atoms with van der Waals surface area (Å²) in [5, 5.41) is 3.85. The number of anilines is 1. The average molecular weight is 295 g/mol. The van der Waals surface area contributed by atoms with Crippen LogP contribution in [0, 0.1) is 0 Å². The number of hydrogen-bond donors (Lipinski definition) is 1. The predicted octanol–water partition coefficient (Wildman–Crippen LogP) is 0.360. The van der Waals surface area contributed by atoms with E-state index in [-0.39, 0.29) is 11.4 Å². The summed E-state index contributed by atoms with van der Waals surface area (Å²) in [6.45, 7) is 0.192. The van der Waals surface area contributed by atoms with Crippen molar-refractivity contribution in [1.82, 2.24) is 19.5 Å². The first-order chi connectivity index (χ1) is 9.38. The molecule has 0 saturated heterocycles. The van der Waals surface area contributed by atoms with E-state index in [4.69, 9.17) is 0 Å². The van der Waals surface area contributed by atoms with E-state index in [1.54, 1.807) is 13.2 Å². The lowest BCUT2D eigenvalue weighted by atomic mass is 10.3. The number of pyridine rings is 1. The molecule has 108 valence electrons. The van der Waals surface area contributed by atoms with Crippen LogP contribution in [0.4, 0.5) is 5.82 Å². The van der Waals surface area contributed by atoms with Gasteiger partial charge in [0.15, 0.2) is 0 Å². The Morgan fingerprint density at radius 1 is 1.30 bits per heavy atom. The van der Waals surface area contributed by atoms with Gasteiger partial charge in [-0.15, -0.1) is 0 Å². The lowest BCUT2D eigenvalue weighted by Gasteiger charge is -2.11. The Hall–Kier alpha value is -1.93. The van der Waals surface area contributed by atoms with Crippen LogP contribution in [0.15, 0.2) is 35.6 Å². The highest BCUT2D eigenvalue weighted by Crippen LogP contribution is 2.10. The minimum atomic E-state index is -3.54. The number of nitrogens with zero attached hydrogens (tertiary/aromatic N) is 4. The molecule has 0 aliphatic heterocycles. The molecule has 2 heterocycles. The van der Waals surface area contributed by atoms with Crippen LogP contribution in [0.1, 0.15) is 5.56 Å². The molecule has 7 nitrogen and oxygen atoms in total. The van der Waals surface area contributed by atoms with E-state index in [2.05, 4.69) is 14.8 Å². The first kappa shape index (κ1) is 14.5. The zero-order valence-electron chi connectivity index (χ0n) is 11.6. The summed E-state index contributed by atoms with van der Waals surface area (Å²) in [4.78, 5) is 6.26. The lowest BCUT2D eigenvalue weighted by molar-refractivity contribution is 0.581. The molecule has 0 radical (unpaired) electrons. The van der Waals surface area contributed by atoms with Gasteiger partial charge in [-0.3, -0.25) is 4.68 Å². The van der Waals surface area contributed by atoms with Crippen molar-refractivity contribution in [2.24, 2.45) is 7.05 Å². The minimum Gasteiger partial charge on any atom is -0.363 e. The standard InChI is InChI=1S/C12H17N5O2S/c1-16(2)12-5-4-10(6-13-12)7-15-20(18,19)11-8-14-17(3)9-11/h4-6,8-9,15H,7H2,1-3H3. The minimum absolute atomic E-state index is 0.151.